The number of carbonyl (C=O) groups is 1. The van der Waals surface area contributed by atoms with Gasteiger partial charge in [-0.15, -0.1) is 0 Å². The van der Waals surface area contributed by atoms with Crippen molar-refractivity contribution >= 4 is 34.9 Å². The Balaban J connectivity index is 2.79. The Bertz CT molecular complexity index is 421. The van der Waals surface area contributed by atoms with E-state index in [9.17, 15) is 9.18 Å². The maximum absolute atomic E-state index is 13.1. The molecule has 0 atom stereocenters. The Labute approximate surface area is 109 Å². The highest BCUT2D eigenvalue weighted by Gasteiger charge is 2.14. The standard InChI is InChI=1S/C11H13Cl2FN2O/c1-11(2,3)16-10(17)15-6-4-7(12)9(14)8(13)5-6/h4-5H,1-3H3,(H2,15,16,17). The fourth-order valence-electron chi connectivity index (χ4n) is 1.13. The molecule has 0 heterocycles. The summed E-state index contributed by atoms with van der Waals surface area (Å²) >= 11 is 11.2. The predicted molar refractivity (Wildman–Crippen MR) is 68.3 cm³/mol. The van der Waals surface area contributed by atoms with E-state index in [1.807, 2.05) is 20.8 Å². The zero-order valence-corrected chi connectivity index (χ0v) is 11.2. The van der Waals surface area contributed by atoms with Crippen LogP contribution in [0.5, 0.6) is 0 Å². The van der Waals surface area contributed by atoms with E-state index >= 15 is 0 Å². The number of anilines is 1. The molecule has 1 rings (SSSR count). The van der Waals surface area contributed by atoms with Crippen LogP contribution < -0.4 is 10.6 Å². The second-order valence-corrected chi connectivity index (χ2v) is 5.40. The highest BCUT2D eigenvalue weighted by atomic mass is 35.5. The first kappa shape index (κ1) is 14.1. The fourth-order valence-corrected chi connectivity index (χ4v) is 1.62. The lowest BCUT2D eigenvalue weighted by atomic mass is 10.1. The number of hydrogen-bond acceptors (Lipinski definition) is 1. The van der Waals surface area contributed by atoms with Crippen LogP contribution in [0.4, 0.5) is 14.9 Å². The van der Waals surface area contributed by atoms with Crippen LogP contribution in [0.2, 0.25) is 10.0 Å². The fraction of sp³-hybridized carbons (Fsp3) is 0.364. The van der Waals surface area contributed by atoms with Gasteiger partial charge in [-0.2, -0.15) is 0 Å². The Kier molecular flexibility index (Phi) is 4.22. The van der Waals surface area contributed by atoms with Crippen LogP contribution in [0.15, 0.2) is 12.1 Å². The van der Waals surface area contributed by atoms with E-state index in [0.29, 0.717) is 5.69 Å². The number of halogens is 3. The molecular weight excluding hydrogens is 266 g/mol. The third-order valence-corrected chi connectivity index (χ3v) is 2.28. The van der Waals surface area contributed by atoms with Gasteiger partial charge in [-0.05, 0) is 32.9 Å². The molecule has 94 valence electrons. The van der Waals surface area contributed by atoms with E-state index in [2.05, 4.69) is 10.6 Å². The summed E-state index contributed by atoms with van der Waals surface area (Å²) in [5.41, 5.74) is -0.0271. The first-order valence-corrected chi connectivity index (χ1v) is 5.68. The van der Waals surface area contributed by atoms with E-state index in [-0.39, 0.29) is 15.6 Å². The summed E-state index contributed by atoms with van der Waals surface area (Å²) in [5, 5.41) is 4.94. The summed E-state index contributed by atoms with van der Waals surface area (Å²) in [6, 6.07) is 2.19. The van der Waals surface area contributed by atoms with Gasteiger partial charge in [-0.25, -0.2) is 9.18 Å². The van der Waals surface area contributed by atoms with Crippen LogP contribution in [0, 0.1) is 5.82 Å². The van der Waals surface area contributed by atoms with Gasteiger partial charge in [0.05, 0.1) is 10.0 Å². The molecule has 0 unspecified atom stereocenters. The molecule has 2 N–H and O–H groups in total. The van der Waals surface area contributed by atoms with Crippen LogP contribution in [0.1, 0.15) is 20.8 Å². The Morgan fingerprint density at radius 2 is 1.71 bits per heavy atom. The Morgan fingerprint density at radius 3 is 2.12 bits per heavy atom. The van der Waals surface area contributed by atoms with Crippen molar-refractivity contribution in [3.05, 3.63) is 28.0 Å². The average Bonchev–Trinajstić information content (AvgIpc) is 2.10. The van der Waals surface area contributed by atoms with Crippen LogP contribution in [-0.4, -0.2) is 11.6 Å². The van der Waals surface area contributed by atoms with Crippen molar-refractivity contribution < 1.29 is 9.18 Å². The highest BCUT2D eigenvalue weighted by Crippen LogP contribution is 2.27. The molecule has 1 aromatic rings. The quantitative estimate of drug-likeness (QED) is 0.748. The zero-order valence-electron chi connectivity index (χ0n) is 9.70. The largest absolute Gasteiger partial charge is 0.333 e. The first-order chi connectivity index (χ1) is 7.69. The minimum atomic E-state index is -0.699. The highest BCUT2D eigenvalue weighted by molar-refractivity contribution is 6.35. The van der Waals surface area contributed by atoms with Crippen LogP contribution in [-0.2, 0) is 0 Å². The van der Waals surface area contributed by atoms with Crippen molar-refractivity contribution in [2.45, 2.75) is 26.3 Å². The smallest absolute Gasteiger partial charge is 0.319 e. The summed E-state index contributed by atoms with van der Waals surface area (Å²) in [7, 11) is 0. The molecule has 6 heteroatoms. The number of rotatable bonds is 1. The average molecular weight is 279 g/mol. The summed E-state index contributed by atoms with van der Waals surface area (Å²) in [4.78, 5) is 11.5. The summed E-state index contributed by atoms with van der Waals surface area (Å²) in [6.07, 6.45) is 0. The van der Waals surface area contributed by atoms with Gasteiger partial charge in [-0.1, -0.05) is 23.2 Å². The maximum atomic E-state index is 13.1. The molecule has 1 aromatic carbocycles. The van der Waals surface area contributed by atoms with Crippen LogP contribution in [0.3, 0.4) is 0 Å². The molecule has 17 heavy (non-hydrogen) atoms. The molecule has 0 aliphatic rings. The maximum Gasteiger partial charge on any atom is 0.319 e. The van der Waals surface area contributed by atoms with Crippen molar-refractivity contribution in [3.8, 4) is 0 Å². The van der Waals surface area contributed by atoms with Gasteiger partial charge >= 0.3 is 6.03 Å². The minimum Gasteiger partial charge on any atom is -0.333 e. The molecule has 0 saturated heterocycles. The van der Waals surface area contributed by atoms with Crippen molar-refractivity contribution in [1.29, 1.82) is 0 Å². The van der Waals surface area contributed by atoms with Gasteiger partial charge in [0.1, 0.15) is 0 Å². The van der Waals surface area contributed by atoms with E-state index in [1.54, 1.807) is 0 Å². The van der Waals surface area contributed by atoms with Crippen molar-refractivity contribution in [1.82, 2.24) is 5.32 Å². The molecule has 2 amide bonds. The number of benzene rings is 1. The van der Waals surface area contributed by atoms with Gasteiger partial charge in [0.25, 0.3) is 0 Å². The van der Waals surface area contributed by atoms with Crippen LogP contribution >= 0.6 is 23.2 Å². The van der Waals surface area contributed by atoms with E-state index < -0.39 is 11.8 Å². The van der Waals surface area contributed by atoms with Crippen LogP contribution in [0.25, 0.3) is 0 Å². The number of nitrogens with one attached hydrogen (secondary N) is 2. The topological polar surface area (TPSA) is 41.1 Å². The minimum absolute atomic E-state index is 0.136. The lowest BCUT2D eigenvalue weighted by Crippen LogP contribution is -2.43. The van der Waals surface area contributed by atoms with E-state index in [1.165, 1.54) is 12.1 Å². The molecule has 0 radical (unpaired) electrons. The van der Waals surface area contributed by atoms with Crippen molar-refractivity contribution in [2.75, 3.05) is 5.32 Å². The molecule has 3 nitrogen and oxygen atoms in total. The molecule has 0 spiro atoms. The summed E-state index contributed by atoms with van der Waals surface area (Å²) in [5.74, 6) is -0.699. The number of carbonyl (C=O) groups excluding carboxylic acids is 1. The third kappa shape index (κ3) is 4.40. The lowest BCUT2D eigenvalue weighted by Gasteiger charge is -2.20. The van der Waals surface area contributed by atoms with Crippen molar-refractivity contribution in [2.24, 2.45) is 0 Å². The SMILES string of the molecule is CC(C)(C)NC(=O)Nc1cc(Cl)c(F)c(Cl)c1. The molecule has 0 bridgehead atoms. The lowest BCUT2D eigenvalue weighted by molar-refractivity contribution is 0.244. The molecule has 0 aliphatic carbocycles. The molecule has 0 fully saturated rings. The molecule has 0 aliphatic heterocycles. The monoisotopic (exact) mass is 278 g/mol. The Morgan fingerprint density at radius 1 is 1.24 bits per heavy atom. The second kappa shape index (κ2) is 5.10. The van der Waals surface area contributed by atoms with Gasteiger partial charge in [0.15, 0.2) is 5.82 Å². The van der Waals surface area contributed by atoms with Gasteiger partial charge in [0, 0.05) is 11.2 Å². The second-order valence-electron chi connectivity index (χ2n) is 4.58. The van der Waals surface area contributed by atoms with Gasteiger partial charge in [0.2, 0.25) is 0 Å². The number of amides is 2. The normalized spacial score (nSPS) is 11.2. The predicted octanol–water partition coefficient (Wildman–Crippen LogP) is 4.05. The number of hydrogen-bond donors (Lipinski definition) is 2. The first-order valence-electron chi connectivity index (χ1n) is 4.93. The van der Waals surface area contributed by atoms with Crippen molar-refractivity contribution in [3.63, 3.8) is 0 Å². The summed E-state index contributed by atoms with van der Waals surface area (Å²) in [6.45, 7) is 5.53. The molecule has 0 aromatic heterocycles. The molecule has 0 saturated carbocycles. The van der Waals surface area contributed by atoms with Gasteiger partial charge < -0.3 is 10.6 Å². The zero-order chi connectivity index (χ0) is 13.2. The van der Waals surface area contributed by atoms with E-state index in [4.69, 9.17) is 23.2 Å². The van der Waals surface area contributed by atoms with Gasteiger partial charge in [-0.3, -0.25) is 0 Å². The molecular formula is C11H13Cl2FN2O. The van der Waals surface area contributed by atoms with E-state index in [0.717, 1.165) is 0 Å². The number of urea groups is 1. The summed E-state index contributed by atoms with van der Waals surface area (Å²) < 4.78 is 13.1. The third-order valence-electron chi connectivity index (χ3n) is 1.73. The Hall–Kier alpha value is -1.00.